The van der Waals surface area contributed by atoms with E-state index in [4.69, 9.17) is 18.9 Å². The van der Waals surface area contributed by atoms with Crippen LogP contribution in [0.15, 0.2) is 48.6 Å². The van der Waals surface area contributed by atoms with Crippen LogP contribution in [-0.2, 0) is 33.3 Å². The van der Waals surface area contributed by atoms with Gasteiger partial charge in [-0.2, -0.15) is 0 Å². The number of esters is 2. The smallest absolute Gasteiger partial charge is 0.306 e. The summed E-state index contributed by atoms with van der Waals surface area (Å²) >= 11 is 0. The van der Waals surface area contributed by atoms with Crippen molar-refractivity contribution in [3.05, 3.63) is 48.6 Å². The van der Waals surface area contributed by atoms with Gasteiger partial charge in [-0.3, -0.25) is 9.59 Å². The molecule has 0 aliphatic rings. The van der Waals surface area contributed by atoms with Crippen molar-refractivity contribution in [2.75, 3.05) is 47.5 Å². The number of rotatable bonds is 50. The van der Waals surface area contributed by atoms with E-state index in [1.807, 2.05) is 21.1 Å². The predicted octanol–water partition coefficient (Wildman–Crippen LogP) is 14.2. The van der Waals surface area contributed by atoms with E-state index in [-0.39, 0.29) is 32.2 Å². The van der Waals surface area contributed by atoms with Gasteiger partial charge in [0.25, 0.3) is 0 Å². The Balaban J connectivity index is 4.28. The van der Waals surface area contributed by atoms with E-state index in [9.17, 15) is 19.5 Å². The van der Waals surface area contributed by atoms with Gasteiger partial charge in [-0.1, -0.05) is 223 Å². The molecule has 384 valence electrons. The molecule has 0 radical (unpaired) electrons. The molecule has 0 aromatic carbocycles. The first-order valence-corrected chi connectivity index (χ1v) is 27.3. The molecule has 0 spiro atoms. The quantitative estimate of drug-likeness (QED) is 0.0195. The van der Waals surface area contributed by atoms with Crippen LogP contribution >= 0.6 is 0 Å². The Labute approximate surface area is 406 Å². The van der Waals surface area contributed by atoms with Crippen LogP contribution in [0.4, 0.5) is 0 Å². The van der Waals surface area contributed by atoms with Crippen LogP contribution in [0.3, 0.4) is 0 Å². The summed E-state index contributed by atoms with van der Waals surface area (Å²) in [6.45, 7) is 4.66. The maximum atomic E-state index is 12.8. The van der Waals surface area contributed by atoms with Gasteiger partial charge < -0.3 is 33.3 Å². The van der Waals surface area contributed by atoms with Crippen LogP contribution in [0.1, 0.15) is 239 Å². The molecule has 0 aromatic rings. The molecule has 9 heteroatoms. The van der Waals surface area contributed by atoms with Gasteiger partial charge in [0, 0.05) is 12.8 Å². The minimum absolute atomic E-state index is 0.147. The Morgan fingerprint density at radius 1 is 0.470 bits per heavy atom. The van der Waals surface area contributed by atoms with Crippen LogP contribution in [-0.4, -0.2) is 82.3 Å². The van der Waals surface area contributed by atoms with Crippen molar-refractivity contribution in [3.63, 3.8) is 0 Å². The molecule has 0 heterocycles. The van der Waals surface area contributed by atoms with Crippen molar-refractivity contribution in [2.24, 2.45) is 0 Å². The number of unbranched alkanes of at least 4 members (excludes halogenated alkanes) is 27. The van der Waals surface area contributed by atoms with Gasteiger partial charge in [0.05, 0.1) is 40.3 Å². The van der Waals surface area contributed by atoms with E-state index in [1.54, 1.807) is 0 Å². The Kier molecular flexibility index (Phi) is 46.7. The highest BCUT2D eigenvalue weighted by Gasteiger charge is 2.22. The van der Waals surface area contributed by atoms with Crippen molar-refractivity contribution in [3.8, 4) is 0 Å². The lowest BCUT2D eigenvalue weighted by Gasteiger charge is -2.26. The maximum Gasteiger partial charge on any atom is 0.306 e. The maximum absolute atomic E-state index is 12.8. The van der Waals surface area contributed by atoms with Crippen LogP contribution in [0.2, 0.25) is 0 Å². The van der Waals surface area contributed by atoms with E-state index in [2.05, 4.69) is 62.5 Å². The van der Waals surface area contributed by atoms with E-state index in [0.29, 0.717) is 23.9 Å². The second kappa shape index (κ2) is 48.7. The summed E-state index contributed by atoms with van der Waals surface area (Å²) in [6, 6.07) is 0. The number of carbonyl (C=O) groups is 3. The zero-order valence-electron chi connectivity index (χ0n) is 43.6. The van der Waals surface area contributed by atoms with Crippen LogP contribution < -0.4 is 5.11 Å². The zero-order chi connectivity index (χ0) is 48.4. The van der Waals surface area contributed by atoms with E-state index < -0.39 is 24.3 Å². The summed E-state index contributed by atoms with van der Waals surface area (Å²) in [7, 11) is 5.92. The number of carboxylic acid groups (broad SMARTS) is 1. The Morgan fingerprint density at radius 3 is 1.29 bits per heavy atom. The number of likely N-dealkylation sites (N-methyl/N-ethyl adjacent to an activating group) is 1. The van der Waals surface area contributed by atoms with E-state index in [0.717, 1.165) is 70.6 Å². The lowest BCUT2D eigenvalue weighted by atomic mass is 10.0. The number of carbonyl (C=O) groups excluding carboxylic acids is 3. The van der Waals surface area contributed by atoms with Crippen LogP contribution in [0.5, 0.6) is 0 Å². The van der Waals surface area contributed by atoms with Gasteiger partial charge in [-0.05, 0) is 51.4 Å². The number of carboxylic acids is 1. The zero-order valence-corrected chi connectivity index (χ0v) is 43.6. The van der Waals surface area contributed by atoms with Crippen molar-refractivity contribution < 1.29 is 42.9 Å². The SMILES string of the molecule is CC/C=C\C/C=C\C/C=C\C/C=C\CCCCCCCCCCCCC(=O)OC(COC(=O)CCCCCCCCCCCCCCCCCCCC)COC(OCC[N+](C)(C)C)C(=O)[O-]. The number of hydrogen-bond donors (Lipinski definition) is 0. The van der Waals surface area contributed by atoms with Crippen molar-refractivity contribution >= 4 is 17.9 Å². The molecule has 0 bridgehead atoms. The molecule has 0 rings (SSSR count). The Bertz CT molecular complexity index is 1220. The molecule has 2 unspecified atom stereocenters. The lowest BCUT2D eigenvalue weighted by molar-refractivity contribution is -0.870. The highest BCUT2D eigenvalue weighted by atomic mass is 16.7. The van der Waals surface area contributed by atoms with Gasteiger partial charge in [-0.15, -0.1) is 0 Å². The van der Waals surface area contributed by atoms with Crippen molar-refractivity contribution in [1.82, 2.24) is 0 Å². The molecule has 0 saturated carbocycles. The predicted molar refractivity (Wildman–Crippen MR) is 274 cm³/mol. The first-order chi connectivity index (χ1) is 32.1. The summed E-state index contributed by atoms with van der Waals surface area (Å²) in [5.41, 5.74) is 0. The largest absolute Gasteiger partial charge is 0.545 e. The number of nitrogens with zero attached hydrogens (tertiary/aromatic N) is 1. The fraction of sp³-hybridized carbons (Fsp3) is 0.807. The first-order valence-electron chi connectivity index (χ1n) is 27.3. The Morgan fingerprint density at radius 2 is 0.864 bits per heavy atom. The minimum Gasteiger partial charge on any atom is -0.545 e. The second-order valence-electron chi connectivity index (χ2n) is 19.5. The number of aliphatic carboxylic acids is 1. The molecule has 0 amide bonds. The molecule has 0 saturated heterocycles. The summed E-state index contributed by atoms with van der Waals surface area (Å²) < 4.78 is 22.7. The van der Waals surface area contributed by atoms with Gasteiger partial charge in [0.2, 0.25) is 0 Å². The number of ether oxygens (including phenoxy) is 4. The highest BCUT2D eigenvalue weighted by molar-refractivity contribution is 5.70. The van der Waals surface area contributed by atoms with Crippen LogP contribution in [0.25, 0.3) is 0 Å². The molecule has 0 aliphatic heterocycles. The molecule has 0 aliphatic carbocycles. The molecule has 0 aromatic heterocycles. The third kappa shape index (κ3) is 49.2. The van der Waals surface area contributed by atoms with Crippen molar-refractivity contribution in [1.29, 1.82) is 0 Å². The van der Waals surface area contributed by atoms with Gasteiger partial charge in [-0.25, -0.2) is 0 Å². The van der Waals surface area contributed by atoms with Crippen LogP contribution in [0, 0.1) is 0 Å². The normalized spacial score (nSPS) is 13.2. The molecule has 66 heavy (non-hydrogen) atoms. The summed E-state index contributed by atoms with van der Waals surface area (Å²) in [4.78, 5) is 37.2. The summed E-state index contributed by atoms with van der Waals surface area (Å²) in [6.07, 6.45) is 55.7. The van der Waals surface area contributed by atoms with Gasteiger partial charge in [0.1, 0.15) is 13.2 Å². The molecular formula is C57H103NO8. The number of quaternary nitrogens is 1. The third-order valence-electron chi connectivity index (χ3n) is 11.8. The number of hydrogen-bond acceptors (Lipinski definition) is 8. The number of allylic oxidation sites excluding steroid dienone is 8. The van der Waals surface area contributed by atoms with Gasteiger partial charge >= 0.3 is 11.9 Å². The molecular weight excluding hydrogens is 827 g/mol. The van der Waals surface area contributed by atoms with E-state index in [1.165, 1.54) is 135 Å². The fourth-order valence-electron chi connectivity index (χ4n) is 7.65. The summed E-state index contributed by atoms with van der Waals surface area (Å²) in [5.74, 6) is -2.28. The third-order valence-corrected chi connectivity index (χ3v) is 11.8. The topological polar surface area (TPSA) is 111 Å². The van der Waals surface area contributed by atoms with Crippen molar-refractivity contribution in [2.45, 2.75) is 251 Å². The Hall–Kier alpha value is -2.75. The minimum atomic E-state index is -1.62. The van der Waals surface area contributed by atoms with E-state index >= 15 is 0 Å². The first kappa shape index (κ1) is 63.2. The lowest BCUT2D eigenvalue weighted by Crippen LogP contribution is -2.44. The monoisotopic (exact) mass is 930 g/mol. The average Bonchev–Trinajstić information content (AvgIpc) is 3.28. The second-order valence-corrected chi connectivity index (χ2v) is 19.5. The standard InChI is InChI=1S/C57H103NO8/c1-6-8-10-12-14-16-18-20-22-24-26-27-28-29-30-32-34-36-38-40-42-44-46-48-55(60)66-53(52-65-57(56(61)62)63-50-49-58(3,4)5)51-64-54(59)47-45-43-41-39-37-35-33-31-25-23-21-19-17-15-13-11-9-7-2/h8,10,14,16,20,22,26-27,53,57H,6-7,9,11-13,15,17-19,21,23-25,28-52H2,1-5H3/b10-8-,16-14-,22-20-,27-26-. The molecule has 0 N–H and O–H groups in total. The molecule has 9 nitrogen and oxygen atoms in total. The fourth-order valence-corrected chi connectivity index (χ4v) is 7.65. The summed E-state index contributed by atoms with van der Waals surface area (Å²) in [5, 5.41) is 11.8. The average molecular weight is 930 g/mol. The highest BCUT2D eigenvalue weighted by Crippen LogP contribution is 2.16. The molecule has 0 fully saturated rings. The molecule has 2 atom stereocenters. The van der Waals surface area contributed by atoms with Gasteiger partial charge in [0.15, 0.2) is 12.4 Å².